The number of nitrogens with one attached hydrogen (secondary N) is 1. The lowest BCUT2D eigenvalue weighted by atomic mass is 9.92. The van der Waals surface area contributed by atoms with Crippen molar-refractivity contribution in [3.05, 3.63) is 0 Å². The Labute approximate surface area is 98.9 Å². The van der Waals surface area contributed by atoms with Gasteiger partial charge in [-0.25, -0.2) is 0 Å². The zero-order valence-electron chi connectivity index (χ0n) is 10.6. The highest BCUT2D eigenvalue weighted by molar-refractivity contribution is 4.86. The van der Waals surface area contributed by atoms with Crippen LogP contribution in [0.1, 0.15) is 32.6 Å². The van der Waals surface area contributed by atoms with E-state index in [0.29, 0.717) is 0 Å². The molecule has 0 amide bonds. The van der Waals surface area contributed by atoms with Gasteiger partial charge in [0.25, 0.3) is 0 Å². The largest absolute Gasteiger partial charge is 0.385 e. The Kier molecular flexibility index (Phi) is 6.28. The summed E-state index contributed by atoms with van der Waals surface area (Å²) in [4.78, 5) is 0. The Balaban J connectivity index is 2.12. The lowest BCUT2D eigenvalue weighted by Gasteiger charge is -2.35. The summed E-state index contributed by atoms with van der Waals surface area (Å²) in [6.07, 6.45) is 4.22. The molecular formula is C12H26N2O2. The molecule has 1 saturated heterocycles. The minimum Gasteiger partial charge on any atom is -0.385 e. The highest BCUT2D eigenvalue weighted by Crippen LogP contribution is 2.19. The predicted molar refractivity (Wildman–Crippen MR) is 65.5 cm³/mol. The lowest BCUT2D eigenvalue weighted by molar-refractivity contribution is 0.0446. The minimum atomic E-state index is 0.219. The molecule has 1 heterocycles. The van der Waals surface area contributed by atoms with Crippen LogP contribution in [0.3, 0.4) is 0 Å². The first-order chi connectivity index (χ1) is 7.66. The van der Waals surface area contributed by atoms with E-state index in [9.17, 15) is 0 Å². The molecule has 3 N–H and O–H groups in total. The van der Waals surface area contributed by atoms with Gasteiger partial charge >= 0.3 is 0 Å². The second-order valence-corrected chi connectivity index (χ2v) is 4.95. The standard InChI is InChI=1S/C12H26N2O2/c1-12(5-8-16-9-6-12)14-10-11(13)4-3-7-15-2/h11,14H,3-10,13H2,1-2H3. The molecular weight excluding hydrogens is 204 g/mol. The molecule has 0 radical (unpaired) electrons. The SMILES string of the molecule is COCCCC(N)CNC1(C)CCOCC1. The average Bonchev–Trinajstić information content (AvgIpc) is 2.28. The van der Waals surface area contributed by atoms with Gasteiger partial charge in [-0.3, -0.25) is 0 Å². The summed E-state index contributed by atoms with van der Waals surface area (Å²) in [7, 11) is 1.73. The summed E-state index contributed by atoms with van der Waals surface area (Å²) in [6, 6.07) is 0.231. The molecule has 1 aliphatic rings. The molecule has 96 valence electrons. The first kappa shape index (κ1) is 13.9. The van der Waals surface area contributed by atoms with E-state index in [0.717, 1.165) is 52.0 Å². The van der Waals surface area contributed by atoms with Crippen molar-refractivity contribution in [2.75, 3.05) is 33.5 Å². The highest BCUT2D eigenvalue weighted by atomic mass is 16.5. The van der Waals surface area contributed by atoms with Gasteiger partial charge in [0.15, 0.2) is 0 Å². The normalized spacial score (nSPS) is 21.9. The zero-order chi connectivity index (χ0) is 11.9. The Morgan fingerprint density at radius 3 is 2.75 bits per heavy atom. The van der Waals surface area contributed by atoms with Crippen LogP contribution in [-0.2, 0) is 9.47 Å². The minimum absolute atomic E-state index is 0.219. The Hall–Kier alpha value is -0.160. The number of hydrogen-bond donors (Lipinski definition) is 2. The molecule has 0 spiro atoms. The fourth-order valence-corrected chi connectivity index (χ4v) is 1.97. The number of rotatable bonds is 7. The molecule has 1 atom stereocenters. The monoisotopic (exact) mass is 230 g/mol. The Morgan fingerprint density at radius 2 is 2.12 bits per heavy atom. The molecule has 0 aliphatic carbocycles. The molecule has 0 aromatic carbocycles. The smallest absolute Gasteiger partial charge is 0.0483 e. The molecule has 1 rings (SSSR count). The third-order valence-electron chi connectivity index (χ3n) is 3.31. The number of hydrogen-bond acceptors (Lipinski definition) is 4. The van der Waals surface area contributed by atoms with Crippen molar-refractivity contribution in [3.63, 3.8) is 0 Å². The van der Waals surface area contributed by atoms with Gasteiger partial charge < -0.3 is 20.5 Å². The number of methoxy groups -OCH3 is 1. The second kappa shape index (κ2) is 7.22. The van der Waals surface area contributed by atoms with Crippen molar-refractivity contribution < 1.29 is 9.47 Å². The maximum absolute atomic E-state index is 6.04. The van der Waals surface area contributed by atoms with Crippen molar-refractivity contribution in [2.45, 2.75) is 44.2 Å². The summed E-state index contributed by atoms with van der Waals surface area (Å²) in [6.45, 7) is 5.68. The van der Waals surface area contributed by atoms with Crippen molar-refractivity contribution >= 4 is 0 Å². The van der Waals surface area contributed by atoms with Gasteiger partial charge in [0.2, 0.25) is 0 Å². The van der Waals surface area contributed by atoms with Crippen molar-refractivity contribution in [1.29, 1.82) is 0 Å². The summed E-state index contributed by atoms with van der Waals surface area (Å²) < 4.78 is 10.4. The van der Waals surface area contributed by atoms with Gasteiger partial charge in [-0.15, -0.1) is 0 Å². The van der Waals surface area contributed by atoms with Gasteiger partial charge in [0.1, 0.15) is 0 Å². The van der Waals surface area contributed by atoms with Crippen LogP contribution < -0.4 is 11.1 Å². The lowest BCUT2D eigenvalue weighted by Crippen LogP contribution is -2.50. The molecule has 16 heavy (non-hydrogen) atoms. The summed E-state index contributed by atoms with van der Waals surface area (Å²) in [5.74, 6) is 0. The fraction of sp³-hybridized carbons (Fsp3) is 1.00. The summed E-state index contributed by atoms with van der Waals surface area (Å²) in [5, 5.41) is 3.58. The Morgan fingerprint density at radius 1 is 1.44 bits per heavy atom. The Bertz CT molecular complexity index is 182. The zero-order valence-corrected chi connectivity index (χ0v) is 10.6. The van der Waals surface area contributed by atoms with Crippen LogP contribution in [0.2, 0.25) is 0 Å². The van der Waals surface area contributed by atoms with E-state index in [-0.39, 0.29) is 11.6 Å². The third kappa shape index (κ3) is 5.25. The first-order valence-electron chi connectivity index (χ1n) is 6.23. The molecule has 1 unspecified atom stereocenters. The van der Waals surface area contributed by atoms with E-state index in [1.54, 1.807) is 7.11 Å². The summed E-state index contributed by atoms with van der Waals surface area (Å²) in [5.41, 5.74) is 6.26. The molecule has 0 saturated carbocycles. The van der Waals surface area contributed by atoms with Crippen molar-refractivity contribution in [1.82, 2.24) is 5.32 Å². The maximum atomic E-state index is 6.04. The van der Waals surface area contributed by atoms with Gasteiger partial charge in [0.05, 0.1) is 0 Å². The number of ether oxygens (including phenoxy) is 2. The van der Waals surface area contributed by atoms with E-state index >= 15 is 0 Å². The fourth-order valence-electron chi connectivity index (χ4n) is 1.97. The van der Waals surface area contributed by atoms with Gasteiger partial charge in [0, 0.05) is 45.1 Å². The molecule has 1 fully saturated rings. The van der Waals surface area contributed by atoms with E-state index in [1.165, 1.54) is 0 Å². The van der Waals surface area contributed by atoms with Crippen molar-refractivity contribution in [2.24, 2.45) is 5.73 Å². The predicted octanol–water partition coefficient (Wildman–Crippen LogP) is 0.899. The highest BCUT2D eigenvalue weighted by Gasteiger charge is 2.26. The van der Waals surface area contributed by atoms with Crippen LogP contribution >= 0.6 is 0 Å². The van der Waals surface area contributed by atoms with Crippen LogP contribution in [0, 0.1) is 0 Å². The topological polar surface area (TPSA) is 56.5 Å². The van der Waals surface area contributed by atoms with E-state index in [2.05, 4.69) is 12.2 Å². The third-order valence-corrected chi connectivity index (χ3v) is 3.31. The molecule has 0 bridgehead atoms. The molecule has 4 heteroatoms. The second-order valence-electron chi connectivity index (χ2n) is 4.95. The summed E-state index contributed by atoms with van der Waals surface area (Å²) >= 11 is 0. The van der Waals surface area contributed by atoms with Gasteiger partial charge in [-0.05, 0) is 32.6 Å². The molecule has 0 aromatic rings. The van der Waals surface area contributed by atoms with Crippen molar-refractivity contribution in [3.8, 4) is 0 Å². The molecule has 1 aliphatic heterocycles. The van der Waals surface area contributed by atoms with Crippen LogP contribution in [0.4, 0.5) is 0 Å². The van der Waals surface area contributed by atoms with Gasteiger partial charge in [-0.1, -0.05) is 0 Å². The quantitative estimate of drug-likeness (QED) is 0.638. The number of nitrogens with two attached hydrogens (primary N) is 1. The van der Waals surface area contributed by atoms with E-state index < -0.39 is 0 Å². The van der Waals surface area contributed by atoms with E-state index in [1.807, 2.05) is 0 Å². The molecule has 0 aromatic heterocycles. The van der Waals surface area contributed by atoms with Crippen LogP contribution in [-0.4, -0.2) is 45.1 Å². The van der Waals surface area contributed by atoms with Gasteiger partial charge in [-0.2, -0.15) is 0 Å². The van der Waals surface area contributed by atoms with Crippen LogP contribution in [0.15, 0.2) is 0 Å². The maximum Gasteiger partial charge on any atom is 0.0483 e. The average molecular weight is 230 g/mol. The van der Waals surface area contributed by atoms with Crippen LogP contribution in [0.5, 0.6) is 0 Å². The van der Waals surface area contributed by atoms with Crippen LogP contribution in [0.25, 0.3) is 0 Å². The molecule has 4 nitrogen and oxygen atoms in total. The first-order valence-corrected chi connectivity index (χ1v) is 6.23. The van der Waals surface area contributed by atoms with E-state index in [4.69, 9.17) is 15.2 Å².